The Kier molecular flexibility index (Phi) is 6.86. The van der Waals surface area contributed by atoms with Gasteiger partial charge in [-0.05, 0) is 24.6 Å². The van der Waals surface area contributed by atoms with Crippen LogP contribution in [0.25, 0.3) is 0 Å². The molecule has 0 aromatic heterocycles. The first-order chi connectivity index (χ1) is 8.63. The Morgan fingerprint density at radius 3 is 2.83 bits per heavy atom. The second kappa shape index (κ2) is 8.19. The molecule has 18 heavy (non-hydrogen) atoms. The molecule has 0 aliphatic rings. The Morgan fingerprint density at radius 2 is 2.17 bits per heavy atom. The van der Waals surface area contributed by atoms with Gasteiger partial charge in [-0.2, -0.15) is 0 Å². The lowest BCUT2D eigenvalue weighted by Crippen LogP contribution is -2.30. The lowest BCUT2D eigenvalue weighted by atomic mass is 10.3. The number of nitrogens with one attached hydrogen (secondary N) is 1. The second-order valence-corrected chi connectivity index (χ2v) is 4.40. The number of methoxy groups -OCH3 is 1. The number of hydrogen-bond acceptors (Lipinski definition) is 3. The highest BCUT2D eigenvalue weighted by atomic mass is 35.5. The predicted molar refractivity (Wildman–Crippen MR) is 71.5 cm³/mol. The van der Waals surface area contributed by atoms with Crippen molar-refractivity contribution in [3.63, 3.8) is 0 Å². The van der Waals surface area contributed by atoms with Crippen molar-refractivity contribution in [1.29, 1.82) is 0 Å². The maximum atomic E-state index is 11.4. The third-order valence-electron chi connectivity index (χ3n) is 2.10. The molecule has 0 unspecified atom stereocenters. The first-order valence-electron chi connectivity index (χ1n) is 5.47. The van der Waals surface area contributed by atoms with Gasteiger partial charge in [0.05, 0.1) is 5.02 Å². The molecule has 1 aromatic rings. The van der Waals surface area contributed by atoms with Gasteiger partial charge in [-0.15, -0.1) is 0 Å². The number of hydrogen-bond donors (Lipinski definition) is 1. The van der Waals surface area contributed by atoms with Crippen molar-refractivity contribution in [3.05, 3.63) is 28.2 Å². The van der Waals surface area contributed by atoms with Crippen molar-refractivity contribution in [1.82, 2.24) is 5.32 Å². The van der Waals surface area contributed by atoms with Gasteiger partial charge in [0, 0.05) is 25.3 Å². The van der Waals surface area contributed by atoms with Crippen LogP contribution in [-0.4, -0.2) is 32.8 Å². The van der Waals surface area contributed by atoms with E-state index >= 15 is 0 Å². The molecule has 0 saturated carbocycles. The Morgan fingerprint density at radius 1 is 1.39 bits per heavy atom. The van der Waals surface area contributed by atoms with Crippen LogP contribution in [-0.2, 0) is 9.53 Å². The summed E-state index contributed by atoms with van der Waals surface area (Å²) in [7, 11) is 1.62. The number of ether oxygens (including phenoxy) is 2. The minimum Gasteiger partial charge on any atom is -0.482 e. The molecule has 0 bridgehead atoms. The van der Waals surface area contributed by atoms with Crippen molar-refractivity contribution in [2.45, 2.75) is 6.42 Å². The van der Waals surface area contributed by atoms with E-state index in [2.05, 4.69) is 5.32 Å². The van der Waals surface area contributed by atoms with Gasteiger partial charge in [-0.1, -0.05) is 23.2 Å². The Labute approximate surface area is 116 Å². The van der Waals surface area contributed by atoms with Gasteiger partial charge in [0.1, 0.15) is 5.75 Å². The van der Waals surface area contributed by atoms with E-state index in [1.165, 1.54) is 0 Å². The topological polar surface area (TPSA) is 47.6 Å². The Bertz CT molecular complexity index is 399. The lowest BCUT2D eigenvalue weighted by Gasteiger charge is -2.08. The maximum absolute atomic E-state index is 11.4. The molecule has 0 atom stereocenters. The number of carbonyl (C=O) groups excluding carboxylic acids is 1. The van der Waals surface area contributed by atoms with Gasteiger partial charge < -0.3 is 14.8 Å². The average Bonchev–Trinajstić information content (AvgIpc) is 2.33. The van der Waals surface area contributed by atoms with Gasteiger partial charge in [0.2, 0.25) is 0 Å². The van der Waals surface area contributed by atoms with Crippen LogP contribution in [0.4, 0.5) is 0 Å². The van der Waals surface area contributed by atoms with Crippen molar-refractivity contribution in [2.75, 3.05) is 26.9 Å². The summed E-state index contributed by atoms with van der Waals surface area (Å²) in [6.07, 6.45) is 0.768. The zero-order valence-corrected chi connectivity index (χ0v) is 11.6. The van der Waals surface area contributed by atoms with E-state index in [-0.39, 0.29) is 12.5 Å². The summed E-state index contributed by atoms with van der Waals surface area (Å²) in [5, 5.41) is 3.61. The maximum Gasteiger partial charge on any atom is 0.257 e. The largest absolute Gasteiger partial charge is 0.482 e. The van der Waals surface area contributed by atoms with E-state index in [4.69, 9.17) is 32.7 Å². The van der Waals surface area contributed by atoms with E-state index in [1.807, 2.05) is 0 Å². The van der Waals surface area contributed by atoms with Crippen LogP contribution in [0.3, 0.4) is 0 Å². The number of rotatable bonds is 7. The summed E-state index contributed by atoms with van der Waals surface area (Å²) in [4.78, 5) is 11.4. The molecule has 1 amide bonds. The first kappa shape index (κ1) is 15.1. The number of carbonyl (C=O) groups is 1. The number of amides is 1. The summed E-state index contributed by atoms with van der Waals surface area (Å²) >= 11 is 11.6. The van der Waals surface area contributed by atoms with Gasteiger partial charge in [0.25, 0.3) is 5.91 Å². The van der Waals surface area contributed by atoms with Crippen LogP contribution in [0.15, 0.2) is 18.2 Å². The molecular weight excluding hydrogens is 277 g/mol. The normalized spacial score (nSPS) is 10.2. The summed E-state index contributed by atoms with van der Waals surface area (Å²) in [6.45, 7) is 1.10. The molecule has 0 saturated heterocycles. The molecule has 0 radical (unpaired) electrons. The van der Waals surface area contributed by atoms with Crippen molar-refractivity contribution in [2.24, 2.45) is 0 Å². The molecule has 1 rings (SSSR count). The standard InChI is InChI=1S/C12H15Cl2NO3/c1-17-6-2-5-15-12(16)8-18-11-4-3-9(13)7-10(11)14/h3-4,7H,2,5-6,8H2,1H3,(H,15,16). The monoisotopic (exact) mass is 291 g/mol. The van der Waals surface area contributed by atoms with Crippen LogP contribution in [0.1, 0.15) is 6.42 Å². The molecule has 0 fully saturated rings. The minimum atomic E-state index is -0.197. The predicted octanol–water partition coefficient (Wildman–Crippen LogP) is 2.52. The SMILES string of the molecule is COCCCNC(=O)COc1ccc(Cl)cc1Cl. The molecule has 0 aliphatic heterocycles. The van der Waals surface area contributed by atoms with Crippen LogP contribution < -0.4 is 10.1 Å². The third kappa shape index (κ3) is 5.58. The van der Waals surface area contributed by atoms with Gasteiger partial charge >= 0.3 is 0 Å². The molecule has 1 N–H and O–H groups in total. The molecule has 1 aromatic carbocycles. The highest BCUT2D eigenvalue weighted by Crippen LogP contribution is 2.27. The molecular formula is C12H15Cl2NO3. The molecule has 100 valence electrons. The summed E-state index contributed by atoms with van der Waals surface area (Å²) in [5.41, 5.74) is 0. The summed E-state index contributed by atoms with van der Waals surface area (Å²) in [6, 6.07) is 4.84. The smallest absolute Gasteiger partial charge is 0.257 e. The molecule has 6 heteroatoms. The van der Waals surface area contributed by atoms with Crippen LogP contribution in [0, 0.1) is 0 Å². The van der Waals surface area contributed by atoms with E-state index in [1.54, 1.807) is 25.3 Å². The van der Waals surface area contributed by atoms with Gasteiger partial charge in [0.15, 0.2) is 6.61 Å². The van der Waals surface area contributed by atoms with E-state index in [0.29, 0.717) is 28.9 Å². The molecule has 0 spiro atoms. The zero-order chi connectivity index (χ0) is 13.4. The Hall–Kier alpha value is -0.970. The highest BCUT2D eigenvalue weighted by molar-refractivity contribution is 6.35. The number of halogens is 2. The molecule has 0 heterocycles. The highest BCUT2D eigenvalue weighted by Gasteiger charge is 2.05. The fourth-order valence-electron chi connectivity index (χ4n) is 1.23. The minimum absolute atomic E-state index is 0.0751. The second-order valence-electron chi connectivity index (χ2n) is 3.56. The Balaban J connectivity index is 2.29. The van der Waals surface area contributed by atoms with Crippen molar-refractivity contribution < 1.29 is 14.3 Å². The number of benzene rings is 1. The van der Waals surface area contributed by atoms with E-state index in [0.717, 1.165) is 6.42 Å². The first-order valence-corrected chi connectivity index (χ1v) is 6.22. The lowest BCUT2D eigenvalue weighted by molar-refractivity contribution is -0.123. The van der Waals surface area contributed by atoms with Crippen molar-refractivity contribution in [3.8, 4) is 5.75 Å². The summed E-state index contributed by atoms with van der Waals surface area (Å²) in [5.74, 6) is 0.241. The van der Waals surface area contributed by atoms with Crippen LogP contribution in [0.5, 0.6) is 5.75 Å². The average molecular weight is 292 g/mol. The molecule has 0 aliphatic carbocycles. The zero-order valence-electron chi connectivity index (χ0n) is 10.0. The van der Waals surface area contributed by atoms with Crippen LogP contribution in [0.2, 0.25) is 10.0 Å². The molecule has 4 nitrogen and oxygen atoms in total. The van der Waals surface area contributed by atoms with Crippen molar-refractivity contribution >= 4 is 29.1 Å². The quantitative estimate of drug-likeness (QED) is 0.786. The van der Waals surface area contributed by atoms with Crippen LogP contribution >= 0.6 is 23.2 Å². The third-order valence-corrected chi connectivity index (χ3v) is 2.63. The summed E-state index contributed by atoms with van der Waals surface area (Å²) < 4.78 is 10.1. The van der Waals surface area contributed by atoms with Gasteiger partial charge in [-0.25, -0.2) is 0 Å². The fraction of sp³-hybridized carbons (Fsp3) is 0.417. The van der Waals surface area contributed by atoms with E-state index in [9.17, 15) is 4.79 Å². The van der Waals surface area contributed by atoms with E-state index < -0.39 is 0 Å². The van der Waals surface area contributed by atoms with Gasteiger partial charge in [-0.3, -0.25) is 4.79 Å². The fourth-order valence-corrected chi connectivity index (χ4v) is 1.69.